The molecule has 0 saturated heterocycles. The van der Waals surface area contributed by atoms with Crippen LogP contribution in [0.4, 0.5) is 0 Å². The zero-order valence-electron chi connectivity index (χ0n) is 13.5. The summed E-state index contributed by atoms with van der Waals surface area (Å²) in [6.07, 6.45) is 0. The summed E-state index contributed by atoms with van der Waals surface area (Å²) in [5.41, 5.74) is 2.00. The molecule has 0 aliphatic carbocycles. The quantitative estimate of drug-likeness (QED) is 0.687. The maximum Gasteiger partial charge on any atom is 0.176 e. The second-order valence-corrected chi connectivity index (χ2v) is 5.95. The Morgan fingerprint density at radius 1 is 1.04 bits per heavy atom. The van der Waals surface area contributed by atoms with E-state index in [-0.39, 0.29) is 6.61 Å². The van der Waals surface area contributed by atoms with E-state index < -0.39 is 0 Å². The van der Waals surface area contributed by atoms with Crippen LogP contribution in [0.5, 0.6) is 11.5 Å². The molecule has 0 aliphatic heterocycles. The second-order valence-electron chi connectivity index (χ2n) is 5.13. The van der Waals surface area contributed by atoms with Crippen molar-refractivity contribution in [2.45, 2.75) is 6.61 Å². The van der Waals surface area contributed by atoms with Crippen LogP contribution in [0.25, 0.3) is 22.6 Å². The van der Waals surface area contributed by atoms with Gasteiger partial charge in [-0.25, -0.2) is 0 Å². The molecule has 1 aromatic heterocycles. The average Bonchev–Trinajstić information content (AvgIpc) is 3.04. The van der Waals surface area contributed by atoms with Gasteiger partial charge in [0.15, 0.2) is 17.3 Å². The SMILES string of the molecule is COc1cccc(-c2noc(-c3c(Cl)cccc3Cl)c2CO)c1OC. The van der Waals surface area contributed by atoms with Crippen LogP contribution < -0.4 is 9.47 Å². The van der Waals surface area contributed by atoms with E-state index >= 15 is 0 Å². The van der Waals surface area contributed by atoms with E-state index in [1.807, 2.05) is 0 Å². The van der Waals surface area contributed by atoms with E-state index in [0.717, 1.165) is 0 Å². The summed E-state index contributed by atoms with van der Waals surface area (Å²) >= 11 is 12.5. The molecule has 0 fully saturated rings. The van der Waals surface area contributed by atoms with Crippen molar-refractivity contribution < 1.29 is 19.1 Å². The van der Waals surface area contributed by atoms with Crippen molar-refractivity contribution in [2.75, 3.05) is 14.2 Å². The molecule has 3 aromatic rings. The summed E-state index contributed by atoms with van der Waals surface area (Å²) in [6, 6.07) is 10.5. The molecule has 0 unspecified atom stereocenters. The predicted octanol–water partition coefficient (Wildman–Crippen LogP) is 4.82. The van der Waals surface area contributed by atoms with Crippen molar-refractivity contribution in [1.82, 2.24) is 5.16 Å². The number of aliphatic hydroxyl groups excluding tert-OH is 1. The van der Waals surface area contributed by atoms with Gasteiger partial charge < -0.3 is 19.1 Å². The van der Waals surface area contributed by atoms with Gasteiger partial charge in [-0.1, -0.05) is 40.5 Å². The van der Waals surface area contributed by atoms with Crippen LogP contribution in [-0.4, -0.2) is 24.5 Å². The molecule has 3 rings (SSSR count). The minimum atomic E-state index is -0.309. The highest BCUT2D eigenvalue weighted by molar-refractivity contribution is 6.39. The maximum absolute atomic E-state index is 9.92. The van der Waals surface area contributed by atoms with Gasteiger partial charge >= 0.3 is 0 Å². The maximum atomic E-state index is 9.92. The number of rotatable bonds is 5. The molecule has 5 nitrogen and oxygen atoms in total. The van der Waals surface area contributed by atoms with E-state index in [1.54, 1.807) is 43.5 Å². The first-order valence-electron chi connectivity index (χ1n) is 7.37. The van der Waals surface area contributed by atoms with Gasteiger partial charge in [-0.05, 0) is 24.3 Å². The van der Waals surface area contributed by atoms with Crippen LogP contribution in [0, 0.1) is 0 Å². The van der Waals surface area contributed by atoms with Crippen molar-refractivity contribution >= 4 is 23.2 Å². The molecule has 7 heteroatoms. The topological polar surface area (TPSA) is 64.7 Å². The first-order valence-corrected chi connectivity index (χ1v) is 8.13. The van der Waals surface area contributed by atoms with Gasteiger partial charge in [0.2, 0.25) is 0 Å². The van der Waals surface area contributed by atoms with Crippen LogP contribution in [0.15, 0.2) is 40.9 Å². The first-order chi connectivity index (χ1) is 12.1. The number of hydrogen-bond donors (Lipinski definition) is 1. The number of halogens is 2. The van der Waals surface area contributed by atoms with Crippen molar-refractivity contribution in [3.63, 3.8) is 0 Å². The Kier molecular flexibility index (Phi) is 5.18. The van der Waals surface area contributed by atoms with Gasteiger partial charge in [0.25, 0.3) is 0 Å². The molecule has 130 valence electrons. The Morgan fingerprint density at radius 3 is 2.32 bits per heavy atom. The monoisotopic (exact) mass is 379 g/mol. The van der Waals surface area contributed by atoms with Crippen molar-refractivity contribution in [2.24, 2.45) is 0 Å². The van der Waals surface area contributed by atoms with Gasteiger partial charge in [0.1, 0.15) is 5.69 Å². The lowest BCUT2D eigenvalue weighted by molar-refractivity contribution is 0.281. The summed E-state index contributed by atoms with van der Waals surface area (Å²) in [7, 11) is 3.08. The van der Waals surface area contributed by atoms with E-state index in [9.17, 15) is 5.11 Å². The molecule has 25 heavy (non-hydrogen) atoms. The van der Waals surface area contributed by atoms with Crippen LogP contribution in [0.1, 0.15) is 5.56 Å². The van der Waals surface area contributed by atoms with Gasteiger partial charge in [-0.3, -0.25) is 0 Å². The van der Waals surface area contributed by atoms with Crippen molar-refractivity contribution in [1.29, 1.82) is 0 Å². The number of para-hydroxylation sites is 1. The third kappa shape index (κ3) is 3.06. The van der Waals surface area contributed by atoms with Gasteiger partial charge in [-0.2, -0.15) is 0 Å². The highest BCUT2D eigenvalue weighted by atomic mass is 35.5. The zero-order valence-corrected chi connectivity index (χ0v) is 15.1. The number of ether oxygens (including phenoxy) is 2. The van der Waals surface area contributed by atoms with Crippen LogP contribution in [-0.2, 0) is 6.61 Å². The lowest BCUT2D eigenvalue weighted by atomic mass is 10.0. The second kappa shape index (κ2) is 7.35. The minimum Gasteiger partial charge on any atom is -0.493 e. The van der Waals surface area contributed by atoms with Crippen molar-refractivity contribution in [3.8, 4) is 34.1 Å². The minimum absolute atomic E-state index is 0.309. The molecule has 0 radical (unpaired) electrons. The molecule has 1 N–H and O–H groups in total. The van der Waals surface area contributed by atoms with Gasteiger partial charge in [0.05, 0.1) is 47.6 Å². The first kappa shape index (κ1) is 17.6. The lowest BCUT2D eigenvalue weighted by Gasteiger charge is -2.11. The fourth-order valence-electron chi connectivity index (χ4n) is 2.65. The normalized spacial score (nSPS) is 10.8. The van der Waals surface area contributed by atoms with Gasteiger partial charge in [-0.15, -0.1) is 0 Å². The standard InChI is InChI=1S/C18H15Cl2NO4/c1-23-14-8-3-5-10(17(14)24-2)16-11(9-22)18(25-21-16)15-12(19)6-4-7-13(15)20/h3-8,22H,9H2,1-2H3. The number of aromatic nitrogens is 1. The van der Waals surface area contributed by atoms with E-state index in [4.69, 9.17) is 37.2 Å². The molecule has 0 saturated carbocycles. The third-order valence-electron chi connectivity index (χ3n) is 3.79. The lowest BCUT2D eigenvalue weighted by Crippen LogP contribution is -1.96. The Hall–Kier alpha value is -2.21. The largest absolute Gasteiger partial charge is 0.493 e. The van der Waals surface area contributed by atoms with E-state index in [0.29, 0.717) is 49.7 Å². The fourth-order valence-corrected chi connectivity index (χ4v) is 3.22. The highest BCUT2D eigenvalue weighted by Crippen LogP contribution is 2.43. The molecular weight excluding hydrogens is 365 g/mol. The number of nitrogens with zero attached hydrogens (tertiary/aromatic N) is 1. The van der Waals surface area contributed by atoms with E-state index in [2.05, 4.69) is 5.16 Å². The number of aliphatic hydroxyl groups is 1. The summed E-state index contributed by atoms with van der Waals surface area (Å²) in [6.45, 7) is -0.309. The number of methoxy groups -OCH3 is 2. The smallest absolute Gasteiger partial charge is 0.176 e. The zero-order chi connectivity index (χ0) is 18.0. The summed E-state index contributed by atoms with van der Waals surface area (Å²) in [4.78, 5) is 0. The fraction of sp³-hybridized carbons (Fsp3) is 0.167. The highest BCUT2D eigenvalue weighted by Gasteiger charge is 2.25. The molecule has 0 amide bonds. The Morgan fingerprint density at radius 2 is 1.72 bits per heavy atom. The molecule has 0 bridgehead atoms. The molecule has 1 heterocycles. The summed E-state index contributed by atoms with van der Waals surface area (Å²) in [5, 5.41) is 14.8. The summed E-state index contributed by atoms with van der Waals surface area (Å²) < 4.78 is 16.2. The predicted molar refractivity (Wildman–Crippen MR) is 96.4 cm³/mol. The average molecular weight is 380 g/mol. The van der Waals surface area contributed by atoms with E-state index in [1.165, 1.54) is 7.11 Å². The Balaban J connectivity index is 2.24. The molecule has 0 atom stereocenters. The van der Waals surface area contributed by atoms with Crippen LogP contribution in [0.3, 0.4) is 0 Å². The number of hydrogen-bond acceptors (Lipinski definition) is 5. The molecular formula is C18H15Cl2NO4. The Bertz CT molecular complexity index is 888. The molecule has 2 aromatic carbocycles. The molecule has 0 spiro atoms. The van der Waals surface area contributed by atoms with Crippen molar-refractivity contribution in [3.05, 3.63) is 52.0 Å². The number of benzene rings is 2. The van der Waals surface area contributed by atoms with Crippen LogP contribution in [0.2, 0.25) is 10.0 Å². The summed E-state index contributed by atoms with van der Waals surface area (Å²) in [5.74, 6) is 1.35. The molecule has 0 aliphatic rings. The Labute approximate surface area is 154 Å². The third-order valence-corrected chi connectivity index (χ3v) is 4.42. The van der Waals surface area contributed by atoms with Gasteiger partial charge in [0, 0.05) is 0 Å². The van der Waals surface area contributed by atoms with Crippen LogP contribution >= 0.6 is 23.2 Å².